The first-order valence-corrected chi connectivity index (χ1v) is 11.1. The topological polar surface area (TPSA) is 52.6 Å². The van der Waals surface area contributed by atoms with E-state index in [1.54, 1.807) is 12.1 Å². The van der Waals surface area contributed by atoms with Gasteiger partial charge in [0.1, 0.15) is 6.17 Å². The minimum Gasteiger partial charge on any atom is -0.374 e. The predicted molar refractivity (Wildman–Crippen MR) is 109 cm³/mol. The Morgan fingerprint density at radius 2 is 1.61 bits per heavy atom. The number of rotatable bonds is 12. The molecule has 4 nitrogen and oxygen atoms in total. The van der Waals surface area contributed by atoms with Crippen LogP contribution in [0.4, 0.5) is 4.39 Å². The third-order valence-corrected chi connectivity index (χ3v) is 5.78. The summed E-state index contributed by atoms with van der Waals surface area (Å²) in [5.74, 6) is 0. The van der Waals surface area contributed by atoms with Crippen LogP contribution in [-0.2, 0) is 32.1 Å². The molecule has 6 heteroatoms. The molecule has 0 bridgehead atoms. The maximum Gasteiger partial charge on any atom is 0.296 e. The zero-order chi connectivity index (χ0) is 20.4. The molecule has 0 amide bonds. The summed E-state index contributed by atoms with van der Waals surface area (Å²) in [5.41, 5.74) is 3.27. The molecule has 0 aliphatic heterocycles. The van der Waals surface area contributed by atoms with Crippen LogP contribution in [0.25, 0.3) is 0 Å². The molecule has 1 unspecified atom stereocenters. The number of ether oxygens (including phenoxy) is 1. The molecule has 2 aromatic rings. The van der Waals surface area contributed by atoms with Crippen molar-refractivity contribution >= 4 is 10.1 Å². The van der Waals surface area contributed by atoms with Crippen LogP contribution in [0.2, 0.25) is 0 Å². The van der Waals surface area contributed by atoms with E-state index in [4.69, 9.17) is 8.92 Å². The molecular weight excluding hydrogens is 379 g/mol. The van der Waals surface area contributed by atoms with Crippen molar-refractivity contribution in [2.75, 3.05) is 13.2 Å². The number of benzene rings is 2. The first-order valence-electron chi connectivity index (χ1n) is 9.66. The standard InChI is InChI=1S/C22H29FO4S/c1-3-19-9-11-20(12-10-19)16-26-17-21(23)6-4-5-15-27-28(24,25)22-13-7-18(2)8-14-22/h7-14,21H,3-6,15-17H2,1-2H3. The van der Waals surface area contributed by atoms with Crippen LogP contribution < -0.4 is 0 Å². The lowest BCUT2D eigenvalue weighted by Gasteiger charge is -2.10. The lowest BCUT2D eigenvalue weighted by Crippen LogP contribution is -2.11. The van der Waals surface area contributed by atoms with Crippen molar-refractivity contribution in [1.29, 1.82) is 0 Å². The molecule has 0 heterocycles. The Morgan fingerprint density at radius 3 is 2.25 bits per heavy atom. The molecule has 1 atom stereocenters. The second-order valence-corrected chi connectivity index (χ2v) is 8.48. The SMILES string of the molecule is CCc1ccc(COCC(F)CCCCOS(=O)(=O)c2ccc(C)cc2)cc1. The van der Waals surface area contributed by atoms with Gasteiger partial charge in [0.15, 0.2) is 0 Å². The van der Waals surface area contributed by atoms with Crippen molar-refractivity contribution in [3.05, 3.63) is 65.2 Å². The van der Waals surface area contributed by atoms with Gasteiger partial charge < -0.3 is 4.74 Å². The number of alkyl halides is 1. The Kier molecular flexibility index (Phi) is 9.09. The molecule has 0 saturated carbocycles. The fraction of sp³-hybridized carbons (Fsp3) is 0.455. The van der Waals surface area contributed by atoms with Crippen LogP contribution in [0.15, 0.2) is 53.4 Å². The van der Waals surface area contributed by atoms with Gasteiger partial charge in [0.25, 0.3) is 10.1 Å². The predicted octanol–water partition coefficient (Wildman–Crippen LogP) is 4.99. The van der Waals surface area contributed by atoms with Crippen molar-refractivity contribution in [2.24, 2.45) is 0 Å². The van der Waals surface area contributed by atoms with Gasteiger partial charge in [-0.3, -0.25) is 4.18 Å². The van der Waals surface area contributed by atoms with Crippen molar-refractivity contribution in [1.82, 2.24) is 0 Å². The second kappa shape index (κ2) is 11.3. The Labute approximate surface area is 167 Å². The number of hydrogen-bond donors (Lipinski definition) is 0. The van der Waals surface area contributed by atoms with E-state index in [0.29, 0.717) is 25.9 Å². The number of aryl methyl sites for hydroxylation is 2. The molecular formula is C22H29FO4S. The van der Waals surface area contributed by atoms with E-state index in [9.17, 15) is 12.8 Å². The highest BCUT2D eigenvalue weighted by molar-refractivity contribution is 7.86. The van der Waals surface area contributed by atoms with Crippen LogP contribution in [0.5, 0.6) is 0 Å². The zero-order valence-corrected chi connectivity index (χ0v) is 17.4. The van der Waals surface area contributed by atoms with E-state index in [1.807, 2.05) is 19.1 Å². The monoisotopic (exact) mass is 408 g/mol. The third kappa shape index (κ3) is 7.70. The van der Waals surface area contributed by atoms with Gasteiger partial charge in [0, 0.05) is 0 Å². The first-order chi connectivity index (χ1) is 13.4. The minimum absolute atomic E-state index is 0.0397. The van der Waals surface area contributed by atoms with Crippen LogP contribution in [-0.4, -0.2) is 27.8 Å². The molecule has 2 rings (SSSR count). The Morgan fingerprint density at radius 1 is 0.964 bits per heavy atom. The third-order valence-electron chi connectivity index (χ3n) is 4.46. The summed E-state index contributed by atoms with van der Waals surface area (Å²) < 4.78 is 48.4. The molecule has 0 radical (unpaired) electrons. The summed E-state index contributed by atoms with van der Waals surface area (Å²) in [4.78, 5) is 0.141. The summed E-state index contributed by atoms with van der Waals surface area (Å²) >= 11 is 0. The van der Waals surface area contributed by atoms with Crippen molar-refractivity contribution < 1.29 is 21.7 Å². The van der Waals surface area contributed by atoms with Gasteiger partial charge in [-0.05, 0) is 55.9 Å². The fourth-order valence-corrected chi connectivity index (χ4v) is 3.61. The molecule has 0 spiro atoms. The summed E-state index contributed by atoms with van der Waals surface area (Å²) in [5, 5.41) is 0. The molecule has 0 saturated heterocycles. The Bertz CT molecular complexity index is 801. The zero-order valence-electron chi connectivity index (χ0n) is 16.6. The molecule has 2 aromatic carbocycles. The van der Waals surface area contributed by atoms with Crippen molar-refractivity contribution in [3.8, 4) is 0 Å². The first kappa shape index (κ1) is 22.5. The van der Waals surface area contributed by atoms with E-state index >= 15 is 0 Å². The van der Waals surface area contributed by atoms with E-state index in [2.05, 4.69) is 19.1 Å². The average Bonchev–Trinajstić information content (AvgIpc) is 2.68. The highest BCUT2D eigenvalue weighted by atomic mass is 32.2. The number of hydrogen-bond acceptors (Lipinski definition) is 4. The smallest absolute Gasteiger partial charge is 0.296 e. The summed E-state index contributed by atoms with van der Waals surface area (Å²) in [6.45, 7) is 4.46. The van der Waals surface area contributed by atoms with Crippen LogP contribution in [0.1, 0.15) is 42.9 Å². The maximum atomic E-state index is 13.9. The molecule has 0 aliphatic rings. The summed E-state index contributed by atoms with van der Waals surface area (Å²) in [6.07, 6.45) is 1.26. The molecule has 0 N–H and O–H groups in total. The highest BCUT2D eigenvalue weighted by Gasteiger charge is 2.14. The fourth-order valence-electron chi connectivity index (χ4n) is 2.67. The van der Waals surface area contributed by atoms with E-state index in [0.717, 1.165) is 17.5 Å². The summed E-state index contributed by atoms with van der Waals surface area (Å²) in [6, 6.07) is 14.6. The van der Waals surface area contributed by atoms with Gasteiger partial charge in [-0.25, -0.2) is 4.39 Å². The van der Waals surface area contributed by atoms with Gasteiger partial charge >= 0.3 is 0 Å². The quantitative estimate of drug-likeness (QED) is 0.367. The molecule has 28 heavy (non-hydrogen) atoms. The second-order valence-electron chi connectivity index (χ2n) is 6.87. The van der Waals surface area contributed by atoms with Gasteiger partial charge in [0.05, 0.1) is 24.7 Å². The molecule has 0 aliphatic carbocycles. The van der Waals surface area contributed by atoms with Gasteiger partial charge in [-0.15, -0.1) is 0 Å². The highest BCUT2D eigenvalue weighted by Crippen LogP contribution is 2.15. The number of unbranched alkanes of at least 4 members (excludes halogenated alkanes) is 1. The van der Waals surface area contributed by atoms with Gasteiger partial charge in [-0.1, -0.05) is 48.9 Å². The van der Waals surface area contributed by atoms with E-state index < -0.39 is 16.3 Å². The van der Waals surface area contributed by atoms with E-state index in [-0.39, 0.29) is 18.1 Å². The van der Waals surface area contributed by atoms with Crippen molar-refractivity contribution in [3.63, 3.8) is 0 Å². The average molecular weight is 409 g/mol. The largest absolute Gasteiger partial charge is 0.374 e. The Hall–Kier alpha value is -1.76. The van der Waals surface area contributed by atoms with Gasteiger partial charge in [-0.2, -0.15) is 8.42 Å². The molecule has 154 valence electrons. The van der Waals surface area contributed by atoms with Gasteiger partial charge in [0.2, 0.25) is 0 Å². The number of halogens is 1. The minimum atomic E-state index is -3.75. The van der Waals surface area contributed by atoms with Crippen LogP contribution in [0, 0.1) is 6.92 Å². The normalized spacial score (nSPS) is 12.8. The van der Waals surface area contributed by atoms with E-state index in [1.165, 1.54) is 17.7 Å². The summed E-state index contributed by atoms with van der Waals surface area (Å²) in [7, 11) is -3.75. The lowest BCUT2D eigenvalue weighted by atomic mass is 10.1. The van der Waals surface area contributed by atoms with Crippen molar-refractivity contribution in [2.45, 2.75) is 57.2 Å². The molecule has 0 fully saturated rings. The Balaban J connectivity index is 1.59. The van der Waals surface area contributed by atoms with Crippen LogP contribution in [0.3, 0.4) is 0 Å². The molecule has 0 aromatic heterocycles. The maximum absolute atomic E-state index is 13.9. The van der Waals surface area contributed by atoms with Crippen LogP contribution >= 0.6 is 0 Å². The lowest BCUT2D eigenvalue weighted by molar-refractivity contribution is 0.0651.